The minimum Gasteiger partial charge on any atom is -0.481 e. The summed E-state index contributed by atoms with van der Waals surface area (Å²) in [5.74, 6) is 0.459. The zero-order valence-electron chi connectivity index (χ0n) is 12.0. The number of hydrogen-bond acceptors (Lipinski definition) is 6. The molecule has 0 bridgehead atoms. The van der Waals surface area contributed by atoms with E-state index in [0.29, 0.717) is 17.3 Å². The summed E-state index contributed by atoms with van der Waals surface area (Å²) in [5.41, 5.74) is 0.496. The van der Waals surface area contributed by atoms with Gasteiger partial charge in [-0.25, -0.2) is 0 Å². The molecule has 0 spiro atoms. The predicted molar refractivity (Wildman–Crippen MR) is 85.3 cm³/mol. The minimum atomic E-state index is -0.326. The number of aromatic nitrogens is 2. The van der Waals surface area contributed by atoms with Crippen LogP contribution in [0, 0.1) is 0 Å². The zero-order valence-corrected chi connectivity index (χ0v) is 12.8. The molecule has 1 aromatic carbocycles. The van der Waals surface area contributed by atoms with Gasteiger partial charge in [0.1, 0.15) is 0 Å². The lowest BCUT2D eigenvalue weighted by Crippen LogP contribution is -2.34. The van der Waals surface area contributed by atoms with Gasteiger partial charge in [-0.2, -0.15) is 9.97 Å². The molecule has 7 nitrogen and oxygen atoms in total. The van der Waals surface area contributed by atoms with Gasteiger partial charge in [-0.1, -0.05) is 18.2 Å². The fraction of sp³-hybridized carbons (Fsp3) is 0.143. The Morgan fingerprint density at radius 1 is 1.09 bits per heavy atom. The smallest absolute Gasteiger partial charge is 0.257 e. The van der Waals surface area contributed by atoms with E-state index in [9.17, 15) is 4.79 Å². The van der Waals surface area contributed by atoms with E-state index in [1.54, 1.807) is 24.3 Å². The molecule has 0 fully saturated rings. The highest BCUT2D eigenvalue weighted by molar-refractivity contribution is 7.80. The van der Waals surface area contributed by atoms with Crippen molar-refractivity contribution in [2.75, 3.05) is 19.5 Å². The third-order valence-electron chi connectivity index (χ3n) is 2.59. The van der Waals surface area contributed by atoms with Gasteiger partial charge in [0.15, 0.2) is 5.11 Å². The maximum Gasteiger partial charge on any atom is 0.257 e. The summed E-state index contributed by atoms with van der Waals surface area (Å²) in [6, 6.07) is 10.2. The maximum atomic E-state index is 12.0. The molecule has 0 aliphatic rings. The molecule has 2 N–H and O–H groups in total. The fourth-order valence-corrected chi connectivity index (χ4v) is 1.75. The molecule has 0 radical (unpaired) electrons. The van der Waals surface area contributed by atoms with E-state index in [4.69, 9.17) is 21.7 Å². The van der Waals surface area contributed by atoms with Gasteiger partial charge >= 0.3 is 0 Å². The molecule has 0 unspecified atom stereocenters. The van der Waals surface area contributed by atoms with Crippen molar-refractivity contribution >= 4 is 29.2 Å². The number of nitrogens with one attached hydrogen (secondary N) is 2. The molecular formula is C14H14N4O3S. The van der Waals surface area contributed by atoms with E-state index in [2.05, 4.69) is 20.6 Å². The Balaban J connectivity index is 2.04. The summed E-state index contributed by atoms with van der Waals surface area (Å²) >= 11 is 5.07. The van der Waals surface area contributed by atoms with Gasteiger partial charge in [-0.15, -0.1) is 0 Å². The van der Waals surface area contributed by atoms with Gasteiger partial charge in [-0.3, -0.25) is 10.1 Å². The van der Waals surface area contributed by atoms with E-state index < -0.39 is 0 Å². The van der Waals surface area contributed by atoms with Crippen molar-refractivity contribution < 1.29 is 14.3 Å². The summed E-state index contributed by atoms with van der Waals surface area (Å²) in [5, 5.41) is 5.32. The lowest BCUT2D eigenvalue weighted by atomic mass is 10.2. The molecular weight excluding hydrogens is 304 g/mol. The molecule has 1 aromatic heterocycles. The van der Waals surface area contributed by atoms with Crippen LogP contribution in [0.15, 0.2) is 36.4 Å². The van der Waals surface area contributed by atoms with Gasteiger partial charge in [-0.05, 0) is 24.4 Å². The molecule has 1 amide bonds. The molecule has 2 rings (SSSR count). The lowest BCUT2D eigenvalue weighted by molar-refractivity contribution is 0.0977. The Hall–Kier alpha value is -2.74. The number of amides is 1. The van der Waals surface area contributed by atoms with Crippen molar-refractivity contribution in [2.24, 2.45) is 0 Å². The number of carbonyl (C=O) groups is 1. The summed E-state index contributed by atoms with van der Waals surface area (Å²) in [4.78, 5) is 20.1. The second kappa shape index (κ2) is 7.32. The average molecular weight is 318 g/mol. The van der Waals surface area contributed by atoms with E-state index in [-0.39, 0.29) is 17.0 Å². The number of ether oxygens (including phenoxy) is 2. The maximum absolute atomic E-state index is 12.0. The highest BCUT2D eigenvalue weighted by Gasteiger charge is 2.10. The lowest BCUT2D eigenvalue weighted by Gasteiger charge is -2.10. The van der Waals surface area contributed by atoms with Crippen molar-refractivity contribution in [3.05, 3.63) is 42.0 Å². The second-order valence-corrected chi connectivity index (χ2v) is 4.46. The van der Waals surface area contributed by atoms with Crippen LogP contribution in [-0.2, 0) is 0 Å². The summed E-state index contributed by atoms with van der Waals surface area (Å²) in [7, 11) is 2.95. The number of methoxy groups -OCH3 is 2. The molecule has 8 heteroatoms. The molecule has 2 aromatic rings. The standard InChI is InChI=1S/C14H14N4O3S/c1-20-10-8-11(21-2)16-13(15-10)18-14(22)17-12(19)9-6-4-3-5-7-9/h3-8H,1-2H3,(H2,15,16,17,18,19,22). The number of anilines is 1. The Kier molecular flexibility index (Phi) is 5.21. The summed E-state index contributed by atoms with van der Waals surface area (Å²) in [6.07, 6.45) is 0. The van der Waals surface area contributed by atoms with Gasteiger partial charge in [0.25, 0.3) is 5.91 Å². The van der Waals surface area contributed by atoms with Gasteiger partial charge in [0.05, 0.1) is 20.3 Å². The molecule has 0 atom stereocenters. The van der Waals surface area contributed by atoms with Crippen LogP contribution < -0.4 is 20.1 Å². The Bertz CT molecular complexity index is 657. The first-order valence-corrected chi connectivity index (χ1v) is 6.67. The van der Waals surface area contributed by atoms with Crippen LogP contribution in [-0.4, -0.2) is 35.2 Å². The number of nitrogens with zero attached hydrogens (tertiary/aromatic N) is 2. The zero-order chi connectivity index (χ0) is 15.9. The van der Waals surface area contributed by atoms with Gasteiger partial charge in [0, 0.05) is 5.56 Å². The number of carbonyl (C=O) groups excluding carboxylic acids is 1. The third-order valence-corrected chi connectivity index (χ3v) is 2.79. The first kappa shape index (κ1) is 15.6. The van der Waals surface area contributed by atoms with E-state index in [1.807, 2.05) is 6.07 Å². The number of thiocarbonyl (C=S) groups is 1. The SMILES string of the molecule is COc1cc(OC)nc(NC(=S)NC(=O)c2ccccc2)n1. The molecule has 114 valence electrons. The number of hydrogen-bond donors (Lipinski definition) is 2. The normalized spacial score (nSPS) is 9.73. The monoisotopic (exact) mass is 318 g/mol. The van der Waals surface area contributed by atoms with Crippen LogP contribution in [0.2, 0.25) is 0 Å². The molecule has 0 aliphatic carbocycles. The van der Waals surface area contributed by atoms with E-state index in [1.165, 1.54) is 20.3 Å². The second-order valence-electron chi connectivity index (χ2n) is 4.05. The highest BCUT2D eigenvalue weighted by Crippen LogP contribution is 2.17. The first-order valence-electron chi connectivity index (χ1n) is 6.27. The molecule has 22 heavy (non-hydrogen) atoms. The summed E-state index contributed by atoms with van der Waals surface area (Å²) in [6.45, 7) is 0. The number of rotatable bonds is 4. The van der Waals surface area contributed by atoms with Crippen molar-refractivity contribution in [1.29, 1.82) is 0 Å². The van der Waals surface area contributed by atoms with Crippen LogP contribution in [0.1, 0.15) is 10.4 Å². The quantitative estimate of drug-likeness (QED) is 0.829. The topological polar surface area (TPSA) is 85.4 Å². The molecule has 0 saturated heterocycles. The Morgan fingerprint density at radius 3 is 2.23 bits per heavy atom. The van der Waals surface area contributed by atoms with Crippen molar-refractivity contribution in [2.45, 2.75) is 0 Å². The van der Waals surface area contributed by atoms with Crippen LogP contribution in [0.5, 0.6) is 11.8 Å². The largest absolute Gasteiger partial charge is 0.481 e. The summed E-state index contributed by atoms with van der Waals surface area (Å²) < 4.78 is 10.1. The van der Waals surface area contributed by atoms with Crippen LogP contribution in [0.25, 0.3) is 0 Å². The van der Waals surface area contributed by atoms with E-state index >= 15 is 0 Å². The third kappa shape index (κ3) is 4.13. The van der Waals surface area contributed by atoms with Crippen LogP contribution in [0.3, 0.4) is 0 Å². The molecule has 1 heterocycles. The number of benzene rings is 1. The first-order chi connectivity index (χ1) is 10.6. The van der Waals surface area contributed by atoms with Crippen LogP contribution in [0.4, 0.5) is 5.95 Å². The van der Waals surface area contributed by atoms with Crippen molar-refractivity contribution in [3.8, 4) is 11.8 Å². The fourth-order valence-electron chi connectivity index (χ4n) is 1.57. The Labute approximate surface area is 132 Å². The van der Waals surface area contributed by atoms with Crippen molar-refractivity contribution in [3.63, 3.8) is 0 Å². The van der Waals surface area contributed by atoms with Gasteiger partial charge in [0.2, 0.25) is 17.7 Å². The predicted octanol–water partition coefficient (Wildman–Crippen LogP) is 1.62. The van der Waals surface area contributed by atoms with Gasteiger partial charge < -0.3 is 14.8 Å². The van der Waals surface area contributed by atoms with Crippen LogP contribution >= 0.6 is 12.2 Å². The minimum absolute atomic E-state index is 0.0733. The highest BCUT2D eigenvalue weighted by atomic mass is 32.1. The molecule has 0 aliphatic heterocycles. The van der Waals surface area contributed by atoms with E-state index in [0.717, 1.165) is 0 Å². The van der Waals surface area contributed by atoms with Crippen molar-refractivity contribution in [1.82, 2.24) is 15.3 Å². The average Bonchev–Trinajstić information content (AvgIpc) is 2.55. The Morgan fingerprint density at radius 2 is 1.68 bits per heavy atom. The molecule has 0 saturated carbocycles.